The minimum Gasteiger partial charge on any atom is -0.342 e. The van der Waals surface area contributed by atoms with Crippen LogP contribution in [0.3, 0.4) is 0 Å². The van der Waals surface area contributed by atoms with Gasteiger partial charge in [0.05, 0.1) is 5.69 Å². The van der Waals surface area contributed by atoms with Crippen molar-refractivity contribution in [3.05, 3.63) is 59.9 Å². The number of halogens is 1. The number of rotatable bonds is 5. The molecule has 2 rings (SSSR count). The zero-order valence-electron chi connectivity index (χ0n) is 12.0. The number of nitrogens with zero attached hydrogens (tertiary/aromatic N) is 1. The van der Waals surface area contributed by atoms with E-state index >= 15 is 0 Å². The molecule has 0 amide bonds. The SMILES string of the molecule is CCC(N)Cc1ccc(N(C)c2ccccc2)c(F)c1. The molecule has 0 bridgehead atoms. The van der Waals surface area contributed by atoms with Crippen LogP contribution in [0.1, 0.15) is 18.9 Å². The van der Waals surface area contributed by atoms with Crippen LogP contribution in [0.15, 0.2) is 48.5 Å². The molecule has 2 aromatic carbocycles. The van der Waals surface area contributed by atoms with Crippen molar-refractivity contribution >= 4 is 11.4 Å². The molecule has 2 N–H and O–H groups in total. The van der Waals surface area contributed by atoms with E-state index in [-0.39, 0.29) is 11.9 Å². The van der Waals surface area contributed by atoms with E-state index in [4.69, 9.17) is 5.73 Å². The van der Waals surface area contributed by atoms with Gasteiger partial charge in [0.2, 0.25) is 0 Å². The Hall–Kier alpha value is -1.87. The number of nitrogens with two attached hydrogens (primary N) is 1. The van der Waals surface area contributed by atoms with Gasteiger partial charge in [-0.1, -0.05) is 31.2 Å². The van der Waals surface area contributed by atoms with Gasteiger partial charge in [0.1, 0.15) is 5.82 Å². The predicted octanol–water partition coefficient (Wildman–Crippen LogP) is 3.87. The molecular formula is C17H21FN2. The van der Waals surface area contributed by atoms with Gasteiger partial charge in [-0.05, 0) is 42.7 Å². The van der Waals surface area contributed by atoms with Crippen molar-refractivity contribution in [2.45, 2.75) is 25.8 Å². The molecule has 106 valence electrons. The number of benzene rings is 2. The van der Waals surface area contributed by atoms with Gasteiger partial charge in [0.25, 0.3) is 0 Å². The van der Waals surface area contributed by atoms with Crippen molar-refractivity contribution in [1.29, 1.82) is 0 Å². The summed E-state index contributed by atoms with van der Waals surface area (Å²) in [7, 11) is 1.87. The molecule has 1 atom stereocenters. The largest absolute Gasteiger partial charge is 0.342 e. The van der Waals surface area contributed by atoms with Gasteiger partial charge in [0.15, 0.2) is 0 Å². The molecule has 2 nitrogen and oxygen atoms in total. The molecular weight excluding hydrogens is 251 g/mol. The van der Waals surface area contributed by atoms with Crippen LogP contribution >= 0.6 is 0 Å². The Bertz CT molecular complexity index is 554. The van der Waals surface area contributed by atoms with E-state index in [2.05, 4.69) is 0 Å². The van der Waals surface area contributed by atoms with E-state index < -0.39 is 0 Å². The number of hydrogen-bond donors (Lipinski definition) is 1. The zero-order chi connectivity index (χ0) is 14.5. The summed E-state index contributed by atoms with van der Waals surface area (Å²) in [5.41, 5.74) is 8.39. The third kappa shape index (κ3) is 3.36. The quantitative estimate of drug-likeness (QED) is 0.895. The maximum absolute atomic E-state index is 14.3. The number of anilines is 2. The summed E-state index contributed by atoms with van der Waals surface area (Å²) >= 11 is 0. The van der Waals surface area contributed by atoms with E-state index in [1.165, 1.54) is 0 Å². The highest BCUT2D eigenvalue weighted by Gasteiger charge is 2.11. The van der Waals surface area contributed by atoms with Crippen molar-refractivity contribution in [2.75, 3.05) is 11.9 Å². The molecule has 0 aliphatic carbocycles. The molecule has 0 aliphatic heterocycles. The first-order chi connectivity index (χ1) is 9.61. The second-order valence-corrected chi connectivity index (χ2v) is 5.05. The van der Waals surface area contributed by atoms with Crippen molar-refractivity contribution < 1.29 is 4.39 Å². The first-order valence-corrected chi connectivity index (χ1v) is 6.94. The molecule has 1 unspecified atom stereocenters. The molecule has 20 heavy (non-hydrogen) atoms. The monoisotopic (exact) mass is 272 g/mol. The number of para-hydroxylation sites is 1. The standard InChI is InChI=1S/C17H21FN2/c1-3-14(19)11-13-9-10-17(16(18)12-13)20(2)15-7-5-4-6-8-15/h4-10,12,14H,3,11,19H2,1-2H3. The van der Waals surface area contributed by atoms with Crippen LogP contribution in [0.25, 0.3) is 0 Å². The average Bonchev–Trinajstić information content (AvgIpc) is 2.47. The van der Waals surface area contributed by atoms with E-state index in [1.807, 2.05) is 61.3 Å². The summed E-state index contributed by atoms with van der Waals surface area (Å²) in [5, 5.41) is 0. The van der Waals surface area contributed by atoms with Gasteiger partial charge < -0.3 is 10.6 Å². The molecule has 0 radical (unpaired) electrons. The third-order valence-corrected chi connectivity index (χ3v) is 3.54. The second kappa shape index (κ2) is 6.53. The smallest absolute Gasteiger partial charge is 0.147 e. The van der Waals surface area contributed by atoms with E-state index in [0.29, 0.717) is 12.1 Å². The lowest BCUT2D eigenvalue weighted by Crippen LogP contribution is -2.21. The molecule has 3 heteroatoms. The van der Waals surface area contributed by atoms with Gasteiger partial charge >= 0.3 is 0 Å². The van der Waals surface area contributed by atoms with Crippen molar-refractivity contribution in [3.63, 3.8) is 0 Å². The fourth-order valence-electron chi connectivity index (χ4n) is 2.19. The van der Waals surface area contributed by atoms with Crippen molar-refractivity contribution in [3.8, 4) is 0 Å². The Balaban J connectivity index is 2.21. The van der Waals surface area contributed by atoms with E-state index in [0.717, 1.165) is 17.7 Å². The minimum absolute atomic E-state index is 0.0899. The molecule has 0 fully saturated rings. The summed E-state index contributed by atoms with van der Waals surface area (Å²) in [6.07, 6.45) is 1.61. The molecule has 0 saturated carbocycles. The van der Waals surface area contributed by atoms with E-state index in [1.54, 1.807) is 6.07 Å². The van der Waals surface area contributed by atoms with Gasteiger partial charge in [-0.15, -0.1) is 0 Å². The van der Waals surface area contributed by atoms with Gasteiger partial charge in [-0.3, -0.25) is 0 Å². The second-order valence-electron chi connectivity index (χ2n) is 5.05. The molecule has 0 aliphatic rings. The molecule has 0 saturated heterocycles. The summed E-state index contributed by atoms with van der Waals surface area (Å²) < 4.78 is 14.3. The van der Waals surface area contributed by atoms with Crippen molar-refractivity contribution in [2.24, 2.45) is 5.73 Å². The average molecular weight is 272 g/mol. The normalized spacial score (nSPS) is 12.2. The topological polar surface area (TPSA) is 29.3 Å². The zero-order valence-corrected chi connectivity index (χ0v) is 12.0. The molecule has 0 heterocycles. The van der Waals surface area contributed by atoms with Crippen LogP contribution in [0.5, 0.6) is 0 Å². The fourth-order valence-corrected chi connectivity index (χ4v) is 2.19. The van der Waals surface area contributed by atoms with Gasteiger partial charge in [-0.25, -0.2) is 4.39 Å². The Kier molecular flexibility index (Phi) is 4.74. The molecule has 0 aromatic heterocycles. The number of hydrogen-bond acceptors (Lipinski definition) is 2. The lowest BCUT2D eigenvalue weighted by molar-refractivity contribution is 0.614. The van der Waals surface area contributed by atoms with Crippen LogP contribution in [0, 0.1) is 5.82 Å². The highest BCUT2D eigenvalue weighted by atomic mass is 19.1. The Labute approximate surface area is 120 Å². The van der Waals surface area contributed by atoms with Crippen LogP contribution in [-0.2, 0) is 6.42 Å². The van der Waals surface area contributed by atoms with Crippen LogP contribution in [0.4, 0.5) is 15.8 Å². The third-order valence-electron chi connectivity index (χ3n) is 3.54. The fraction of sp³-hybridized carbons (Fsp3) is 0.294. The summed E-state index contributed by atoms with van der Waals surface area (Å²) in [6, 6.07) is 15.2. The van der Waals surface area contributed by atoms with Gasteiger partial charge in [0, 0.05) is 18.8 Å². The van der Waals surface area contributed by atoms with E-state index in [9.17, 15) is 4.39 Å². The first kappa shape index (κ1) is 14.5. The Morgan fingerprint density at radius 2 is 1.85 bits per heavy atom. The van der Waals surface area contributed by atoms with Crippen LogP contribution in [0.2, 0.25) is 0 Å². The highest BCUT2D eigenvalue weighted by Crippen LogP contribution is 2.26. The lowest BCUT2D eigenvalue weighted by atomic mass is 10.0. The summed E-state index contributed by atoms with van der Waals surface area (Å²) in [4.78, 5) is 1.85. The summed E-state index contributed by atoms with van der Waals surface area (Å²) in [6.45, 7) is 2.04. The first-order valence-electron chi connectivity index (χ1n) is 6.94. The molecule has 0 spiro atoms. The molecule has 2 aromatic rings. The van der Waals surface area contributed by atoms with Crippen molar-refractivity contribution in [1.82, 2.24) is 0 Å². The van der Waals surface area contributed by atoms with Crippen LogP contribution < -0.4 is 10.6 Å². The minimum atomic E-state index is -0.211. The maximum Gasteiger partial charge on any atom is 0.147 e. The summed E-state index contributed by atoms with van der Waals surface area (Å²) in [5.74, 6) is -0.211. The Morgan fingerprint density at radius 1 is 1.15 bits per heavy atom. The Morgan fingerprint density at radius 3 is 2.45 bits per heavy atom. The highest BCUT2D eigenvalue weighted by molar-refractivity contribution is 5.63. The predicted molar refractivity (Wildman–Crippen MR) is 82.9 cm³/mol. The van der Waals surface area contributed by atoms with Gasteiger partial charge in [-0.2, -0.15) is 0 Å². The van der Waals surface area contributed by atoms with Crippen LogP contribution in [-0.4, -0.2) is 13.1 Å². The lowest BCUT2D eigenvalue weighted by Gasteiger charge is -2.20. The maximum atomic E-state index is 14.3.